The molecule has 0 bridgehead atoms. The van der Waals surface area contributed by atoms with E-state index in [2.05, 4.69) is 24.9 Å². The molecule has 3 rings (SSSR count). The summed E-state index contributed by atoms with van der Waals surface area (Å²) < 4.78 is 0.954. The van der Waals surface area contributed by atoms with E-state index in [0.717, 1.165) is 29.9 Å². The first-order chi connectivity index (χ1) is 13.6. The molecule has 0 radical (unpaired) electrons. The van der Waals surface area contributed by atoms with Gasteiger partial charge in [-0.05, 0) is 50.2 Å². The number of carbonyl (C=O) groups is 1. The molecule has 0 saturated heterocycles. The number of fused-ring (bicyclic) bond motifs is 1. The molecule has 5 nitrogen and oxygen atoms in total. The summed E-state index contributed by atoms with van der Waals surface area (Å²) in [6.45, 7) is 7.68. The molecule has 0 unspecified atom stereocenters. The van der Waals surface area contributed by atoms with Crippen molar-refractivity contribution >= 4 is 44.2 Å². The predicted octanol–water partition coefficient (Wildman–Crippen LogP) is 3.39. The Morgan fingerprint density at radius 1 is 1.21 bits per heavy atom. The first-order valence-corrected chi connectivity index (χ1v) is 10.5. The summed E-state index contributed by atoms with van der Waals surface area (Å²) >= 11 is 7.75. The molecular formula is C21H22ClN4OS+. The Morgan fingerprint density at radius 2 is 1.93 bits per heavy atom. The van der Waals surface area contributed by atoms with Crippen LogP contribution in [0.3, 0.4) is 0 Å². The number of aromatic nitrogens is 1. The van der Waals surface area contributed by atoms with Crippen LogP contribution in [0.25, 0.3) is 10.2 Å². The maximum Gasteiger partial charge on any atom is 0.260 e. The molecule has 2 aromatic carbocycles. The zero-order valence-corrected chi connectivity index (χ0v) is 17.5. The van der Waals surface area contributed by atoms with Crippen molar-refractivity contribution < 1.29 is 9.69 Å². The number of benzene rings is 2. The third-order valence-electron chi connectivity index (χ3n) is 4.78. The van der Waals surface area contributed by atoms with Crippen LogP contribution in [0.5, 0.6) is 0 Å². The fourth-order valence-electron chi connectivity index (χ4n) is 3.02. The quantitative estimate of drug-likeness (QED) is 0.645. The Bertz CT molecular complexity index is 1010. The Labute approximate surface area is 173 Å². The molecule has 28 heavy (non-hydrogen) atoms. The van der Waals surface area contributed by atoms with Gasteiger partial charge in [0.1, 0.15) is 5.52 Å². The van der Waals surface area contributed by atoms with Crippen molar-refractivity contribution in [3.63, 3.8) is 0 Å². The first-order valence-electron chi connectivity index (χ1n) is 9.28. The summed E-state index contributed by atoms with van der Waals surface area (Å²) in [4.78, 5) is 21.1. The van der Waals surface area contributed by atoms with Crippen LogP contribution in [0, 0.1) is 11.3 Å². The number of halogens is 1. The maximum absolute atomic E-state index is 13.3. The highest BCUT2D eigenvalue weighted by Gasteiger charge is 2.23. The lowest BCUT2D eigenvalue weighted by molar-refractivity contribution is -0.894. The number of quaternary nitrogens is 1. The number of thiazole rings is 1. The van der Waals surface area contributed by atoms with E-state index < -0.39 is 0 Å². The smallest absolute Gasteiger partial charge is 0.260 e. The van der Waals surface area contributed by atoms with Crippen LogP contribution >= 0.6 is 22.9 Å². The van der Waals surface area contributed by atoms with Gasteiger partial charge < -0.3 is 4.90 Å². The average Bonchev–Trinajstić information content (AvgIpc) is 3.16. The molecule has 0 fully saturated rings. The summed E-state index contributed by atoms with van der Waals surface area (Å²) in [6, 6.07) is 14.4. The van der Waals surface area contributed by atoms with Crippen molar-refractivity contribution in [3.8, 4) is 6.07 Å². The third-order valence-corrected chi connectivity index (χ3v) is 6.13. The molecule has 1 amide bonds. The van der Waals surface area contributed by atoms with Gasteiger partial charge in [0.05, 0.1) is 47.5 Å². The van der Waals surface area contributed by atoms with Crippen LogP contribution < -0.4 is 9.80 Å². The van der Waals surface area contributed by atoms with Crippen molar-refractivity contribution in [2.45, 2.75) is 13.8 Å². The topological polar surface area (TPSA) is 61.4 Å². The molecule has 0 saturated carbocycles. The summed E-state index contributed by atoms with van der Waals surface area (Å²) in [5.74, 6) is -0.119. The second-order valence-corrected chi connectivity index (χ2v) is 7.85. The number of amides is 1. The Hall–Kier alpha value is -2.46. The van der Waals surface area contributed by atoms with Crippen LogP contribution in [-0.4, -0.2) is 37.1 Å². The number of para-hydroxylation sites is 1. The molecule has 0 aliphatic carbocycles. The monoisotopic (exact) mass is 413 g/mol. The van der Waals surface area contributed by atoms with Gasteiger partial charge in [-0.15, -0.1) is 0 Å². The molecule has 0 atom stereocenters. The SMILES string of the molecule is CC[NH+](CC)CCN(C(=O)c1ccc(C#N)cc1)c1nc2c(Cl)cccc2s1. The molecule has 0 aliphatic rings. The second-order valence-electron chi connectivity index (χ2n) is 6.44. The van der Waals surface area contributed by atoms with E-state index >= 15 is 0 Å². The van der Waals surface area contributed by atoms with Crippen molar-refractivity contribution in [3.05, 3.63) is 58.6 Å². The van der Waals surface area contributed by atoms with Crippen LogP contribution in [0.2, 0.25) is 5.02 Å². The summed E-state index contributed by atoms with van der Waals surface area (Å²) in [5, 5.41) is 10.2. The van der Waals surface area contributed by atoms with Crippen molar-refractivity contribution in [1.82, 2.24) is 4.98 Å². The van der Waals surface area contributed by atoms with Crippen LogP contribution in [0.15, 0.2) is 42.5 Å². The van der Waals surface area contributed by atoms with Gasteiger partial charge in [-0.2, -0.15) is 5.26 Å². The van der Waals surface area contributed by atoms with E-state index in [4.69, 9.17) is 16.9 Å². The minimum absolute atomic E-state index is 0.119. The molecule has 3 aromatic rings. The van der Waals surface area contributed by atoms with Gasteiger partial charge in [0.25, 0.3) is 5.91 Å². The van der Waals surface area contributed by atoms with Crippen molar-refractivity contribution in [2.75, 3.05) is 31.1 Å². The third kappa shape index (κ3) is 4.33. The number of likely N-dealkylation sites (N-methyl/N-ethyl adjacent to an activating group) is 1. The largest absolute Gasteiger partial charge is 0.334 e. The number of nitriles is 1. The number of rotatable bonds is 7. The van der Waals surface area contributed by atoms with Gasteiger partial charge in [-0.1, -0.05) is 29.0 Å². The number of nitrogens with one attached hydrogen (secondary N) is 1. The number of carbonyl (C=O) groups excluding carboxylic acids is 1. The Balaban J connectivity index is 1.96. The average molecular weight is 414 g/mol. The van der Waals surface area contributed by atoms with Crippen molar-refractivity contribution in [2.24, 2.45) is 0 Å². The highest BCUT2D eigenvalue weighted by atomic mass is 35.5. The second kappa shape index (κ2) is 9.16. The molecule has 1 aromatic heterocycles. The molecule has 0 aliphatic heterocycles. The van der Waals surface area contributed by atoms with Crippen LogP contribution in [0.1, 0.15) is 29.8 Å². The molecule has 1 heterocycles. The van der Waals surface area contributed by atoms with Crippen LogP contribution in [-0.2, 0) is 0 Å². The lowest BCUT2D eigenvalue weighted by atomic mass is 10.1. The van der Waals surface area contributed by atoms with E-state index in [1.807, 2.05) is 12.1 Å². The maximum atomic E-state index is 13.3. The highest BCUT2D eigenvalue weighted by molar-refractivity contribution is 7.22. The number of hydrogen-bond acceptors (Lipinski definition) is 4. The lowest BCUT2D eigenvalue weighted by Gasteiger charge is -2.23. The zero-order valence-electron chi connectivity index (χ0n) is 15.9. The fraction of sp³-hybridized carbons (Fsp3) is 0.286. The Kier molecular flexibility index (Phi) is 6.63. The summed E-state index contributed by atoms with van der Waals surface area (Å²) in [7, 11) is 0. The zero-order chi connectivity index (χ0) is 20.1. The van der Waals surface area contributed by atoms with Crippen LogP contribution in [0.4, 0.5) is 5.13 Å². The summed E-state index contributed by atoms with van der Waals surface area (Å²) in [5.41, 5.74) is 1.79. The number of anilines is 1. The minimum atomic E-state index is -0.119. The van der Waals surface area contributed by atoms with Gasteiger partial charge in [-0.3, -0.25) is 9.69 Å². The molecular weight excluding hydrogens is 392 g/mol. The molecule has 0 spiro atoms. The standard InChI is InChI=1S/C21H21ClN4OS/c1-3-25(4-2)12-13-26(20(27)16-10-8-15(14-23)9-11-16)21-24-19-17(22)6-5-7-18(19)28-21/h5-11H,3-4,12-13H2,1-2H3/p+1. The number of nitrogens with zero attached hydrogens (tertiary/aromatic N) is 3. The van der Waals surface area contributed by atoms with Crippen molar-refractivity contribution in [1.29, 1.82) is 5.26 Å². The number of hydrogen-bond donors (Lipinski definition) is 1. The van der Waals surface area contributed by atoms with Gasteiger partial charge in [0, 0.05) is 5.56 Å². The van der Waals surface area contributed by atoms with Gasteiger partial charge in [0.2, 0.25) is 0 Å². The van der Waals surface area contributed by atoms with Gasteiger partial charge in [-0.25, -0.2) is 4.98 Å². The van der Waals surface area contributed by atoms with E-state index in [1.54, 1.807) is 35.2 Å². The normalized spacial score (nSPS) is 11.0. The van der Waals surface area contributed by atoms with Gasteiger partial charge >= 0.3 is 0 Å². The van der Waals surface area contributed by atoms with E-state index in [0.29, 0.717) is 27.8 Å². The van der Waals surface area contributed by atoms with E-state index in [9.17, 15) is 4.79 Å². The lowest BCUT2D eigenvalue weighted by Crippen LogP contribution is -3.12. The summed E-state index contributed by atoms with van der Waals surface area (Å²) in [6.07, 6.45) is 0. The molecule has 1 N–H and O–H groups in total. The fourth-order valence-corrected chi connectivity index (χ4v) is 4.31. The minimum Gasteiger partial charge on any atom is -0.334 e. The Morgan fingerprint density at radius 3 is 2.54 bits per heavy atom. The molecule has 7 heteroatoms. The highest BCUT2D eigenvalue weighted by Crippen LogP contribution is 2.33. The van der Waals surface area contributed by atoms with E-state index in [1.165, 1.54) is 16.2 Å². The predicted molar refractivity (Wildman–Crippen MR) is 114 cm³/mol. The van der Waals surface area contributed by atoms with Gasteiger partial charge in [0.15, 0.2) is 5.13 Å². The van der Waals surface area contributed by atoms with E-state index in [-0.39, 0.29) is 5.91 Å². The molecule has 144 valence electrons. The first kappa shape index (κ1) is 20.3.